The minimum Gasteiger partial charge on any atom is -0.369 e. The molecule has 3 saturated carbocycles. The van der Waals surface area contributed by atoms with E-state index in [1.165, 1.54) is 64.5 Å². The van der Waals surface area contributed by atoms with Crippen LogP contribution in [0.4, 0.5) is 4.39 Å². The van der Waals surface area contributed by atoms with Crippen molar-refractivity contribution in [2.75, 3.05) is 45.8 Å². The molecule has 45 heavy (non-hydrogen) atoms. The molecule has 9 aliphatic rings. The fourth-order valence-electron chi connectivity index (χ4n) is 11.9. The summed E-state index contributed by atoms with van der Waals surface area (Å²) in [4.78, 5) is 37.8. The smallest absolute Gasteiger partial charge is 0.258 e. The summed E-state index contributed by atoms with van der Waals surface area (Å²) < 4.78 is 23.8. The number of morpholine rings is 1. The number of halogens is 1. The van der Waals surface area contributed by atoms with Crippen LogP contribution in [0, 0.1) is 23.7 Å². The van der Waals surface area contributed by atoms with Crippen molar-refractivity contribution >= 4 is 11.7 Å². The third-order valence-corrected chi connectivity index (χ3v) is 14.1. The molecule has 0 bridgehead atoms. The number of Topliss-reactive ketones (excluding diaryl/α,β-unsaturated/α-hetero) is 1. The van der Waals surface area contributed by atoms with Crippen LogP contribution in [0.3, 0.4) is 0 Å². The Hall–Kier alpha value is -1.55. The van der Waals surface area contributed by atoms with Gasteiger partial charge in [0.2, 0.25) is 0 Å². The molecule has 1 amide bonds. The molecule has 0 radical (unpaired) electrons. The Labute approximate surface area is 268 Å². The van der Waals surface area contributed by atoms with Gasteiger partial charge in [0.05, 0.1) is 35.9 Å². The first kappa shape index (κ1) is 29.6. The van der Waals surface area contributed by atoms with Gasteiger partial charge in [-0.3, -0.25) is 14.5 Å². The topological polar surface area (TPSA) is 68.4 Å². The lowest BCUT2D eigenvalue weighted by atomic mass is 9.64. The van der Waals surface area contributed by atoms with Gasteiger partial charge in [-0.05, 0) is 95.2 Å². The summed E-state index contributed by atoms with van der Waals surface area (Å²) in [6.45, 7) is 6.60. The molecule has 3 aliphatic carbocycles. The molecular formula is C36H54FN5O3. The van der Waals surface area contributed by atoms with Gasteiger partial charge in [0.15, 0.2) is 5.78 Å². The maximum atomic E-state index is 16.6. The van der Waals surface area contributed by atoms with Crippen LogP contribution in [0.1, 0.15) is 83.5 Å². The molecule has 11 atom stereocenters. The summed E-state index contributed by atoms with van der Waals surface area (Å²) in [6, 6.07) is 0.652. The third kappa shape index (κ3) is 5.04. The average Bonchev–Trinajstić information content (AvgIpc) is 3.76. The van der Waals surface area contributed by atoms with E-state index in [0.29, 0.717) is 48.5 Å². The number of fused-ring (bicyclic) bond motifs is 4. The van der Waals surface area contributed by atoms with Gasteiger partial charge in [-0.25, -0.2) is 4.39 Å². The lowest BCUT2D eigenvalue weighted by Gasteiger charge is -2.61. The van der Waals surface area contributed by atoms with Crippen LogP contribution < -0.4 is 5.32 Å². The number of hydrogen-bond acceptors (Lipinski definition) is 7. The summed E-state index contributed by atoms with van der Waals surface area (Å²) in [6.07, 6.45) is 14.9. The highest BCUT2D eigenvalue weighted by atomic mass is 19.1. The molecule has 11 unspecified atom stereocenters. The standard InChI is InChI=1S/C36H54FN5O3/c37-28-18-26-32-35(33(28)41-19-24-8-5-11-38-29(24)21-41)45-31-17-23-7-2-1-6-22(23)16-30(31)42(32)20-27(34(26)43)36(44)40-14-9-25(10-15-40)39-12-3-4-13-39/h20,22-26,28-33,35,38H,1-19,21H2. The molecule has 0 spiro atoms. The van der Waals surface area contributed by atoms with E-state index >= 15 is 4.39 Å². The lowest BCUT2D eigenvalue weighted by Crippen LogP contribution is -2.73. The van der Waals surface area contributed by atoms with Crippen LogP contribution in [-0.2, 0) is 14.3 Å². The molecule has 9 heteroatoms. The number of hydrogen-bond donors (Lipinski definition) is 1. The Kier molecular flexibility index (Phi) is 7.79. The monoisotopic (exact) mass is 623 g/mol. The van der Waals surface area contributed by atoms with E-state index in [0.717, 1.165) is 45.3 Å². The van der Waals surface area contributed by atoms with Crippen molar-refractivity contribution in [3.63, 3.8) is 0 Å². The van der Waals surface area contributed by atoms with Gasteiger partial charge < -0.3 is 24.8 Å². The van der Waals surface area contributed by atoms with Crippen LogP contribution >= 0.6 is 0 Å². The fourth-order valence-corrected chi connectivity index (χ4v) is 11.9. The van der Waals surface area contributed by atoms with Crippen molar-refractivity contribution < 1.29 is 18.7 Å². The first-order valence-electron chi connectivity index (χ1n) is 18.9. The Morgan fingerprint density at radius 3 is 2.36 bits per heavy atom. The van der Waals surface area contributed by atoms with E-state index in [1.807, 2.05) is 11.1 Å². The van der Waals surface area contributed by atoms with Crippen molar-refractivity contribution in [3.8, 4) is 0 Å². The van der Waals surface area contributed by atoms with Crippen molar-refractivity contribution in [2.24, 2.45) is 23.7 Å². The lowest BCUT2D eigenvalue weighted by molar-refractivity contribution is -0.220. The molecule has 8 fully saturated rings. The molecule has 0 aromatic carbocycles. The van der Waals surface area contributed by atoms with Crippen molar-refractivity contribution in [2.45, 2.75) is 132 Å². The first-order chi connectivity index (χ1) is 22.0. The predicted octanol–water partition coefficient (Wildman–Crippen LogP) is 3.36. The Morgan fingerprint density at radius 1 is 0.822 bits per heavy atom. The van der Waals surface area contributed by atoms with Gasteiger partial charge in [-0.1, -0.05) is 25.7 Å². The summed E-state index contributed by atoms with van der Waals surface area (Å²) in [5.74, 6) is 1.19. The van der Waals surface area contributed by atoms with Crippen LogP contribution in [0.5, 0.6) is 0 Å². The number of rotatable bonds is 3. The van der Waals surface area contributed by atoms with Crippen molar-refractivity contribution in [3.05, 3.63) is 11.8 Å². The number of piperidine rings is 2. The van der Waals surface area contributed by atoms with Crippen LogP contribution in [-0.4, -0.2) is 126 Å². The van der Waals surface area contributed by atoms with Gasteiger partial charge in [0.25, 0.3) is 5.91 Å². The number of likely N-dealkylation sites (tertiary alicyclic amines) is 3. The number of ketones is 1. The van der Waals surface area contributed by atoms with Gasteiger partial charge in [0.1, 0.15) is 6.17 Å². The summed E-state index contributed by atoms with van der Waals surface area (Å²) in [5.41, 5.74) is 0.322. The number of nitrogens with zero attached hydrogens (tertiary/aromatic N) is 4. The molecule has 1 N–H and O–H groups in total. The molecule has 8 nitrogen and oxygen atoms in total. The third-order valence-electron chi connectivity index (χ3n) is 14.1. The summed E-state index contributed by atoms with van der Waals surface area (Å²) in [5, 5.41) is 3.70. The molecule has 0 aromatic heterocycles. The summed E-state index contributed by atoms with van der Waals surface area (Å²) in [7, 11) is 0. The molecule has 248 valence electrons. The van der Waals surface area contributed by atoms with E-state index in [4.69, 9.17) is 4.74 Å². The van der Waals surface area contributed by atoms with E-state index in [1.54, 1.807) is 0 Å². The molecule has 6 heterocycles. The number of carbonyl (C=O) groups is 2. The van der Waals surface area contributed by atoms with Crippen molar-refractivity contribution in [1.29, 1.82) is 0 Å². The second-order valence-corrected chi connectivity index (χ2v) is 16.4. The SMILES string of the molecule is O=C1C(C(=O)N2CCC(N3CCCC3)CC2)=CN2C3CC4CCCCC4CC3OC3C(N4CC5CCCNC5C4)C(F)CC1C32. The average molecular weight is 624 g/mol. The largest absolute Gasteiger partial charge is 0.369 e. The van der Waals surface area contributed by atoms with E-state index in [-0.39, 0.29) is 48.4 Å². The zero-order valence-corrected chi connectivity index (χ0v) is 27.0. The summed E-state index contributed by atoms with van der Waals surface area (Å²) >= 11 is 0. The van der Waals surface area contributed by atoms with Gasteiger partial charge >= 0.3 is 0 Å². The van der Waals surface area contributed by atoms with E-state index in [9.17, 15) is 9.59 Å². The zero-order valence-electron chi connectivity index (χ0n) is 27.0. The first-order valence-corrected chi connectivity index (χ1v) is 18.9. The van der Waals surface area contributed by atoms with Crippen molar-refractivity contribution in [1.82, 2.24) is 24.9 Å². The van der Waals surface area contributed by atoms with Crippen LogP contribution in [0.25, 0.3) is 0 Å². The van der Waals surface area contributed by atoms with Gasteiger partial charge in [-0.15, -0.1) is 0 Å². The maximum Gasteiger partial charge on any atom is 0.258 e. The molecular weight excluding hydrogens is 569 g/mol. The fraction of sp³-hybridized carbons (Fsp3) is 0.889. The number of ether oxygens (including phenoxy) is 1. The van der Waals surface area contributed by atoms with Gasteiger partial charge in [-0.2, -0.15) is 0 Å². The van der Waals surface area contributed by atoms with Gasteiger partial charge in [0, 0.05) is 50.4 Å². The highest BCUT2D eigenvalue weighted by molar-refractivity contribution is 6.20. The maximum absolute atomic E-state index is 16.6. The van der Waals surface area contributed by atoms with E-state index in [2.05, 4.69) is 20.0 Å². The normalized spacial score (nSPS) is 45.8. The quantitative estimate of drug-likeness (QED) is 0.484. The zero-order chi connectivity index (χ0) is 30.2. The minimum atomic E-state index is -1.13. The minimum absolute atomic E-state index is 0.0408. The Morgan fingerprint density at radius 2 is 1.58 bits per heavy atom. The number of alkyl halides is 1. The van der Waals surface area contributed by atoms with E-state index < -0.39 is 12.1 Å². The predicted molar refractivity (Wildman–Crippen MR) is 169 cm³/mol. The second kappa shape index (κ2) is 11.9. The molecule has 0 aromatic rings. The number of nitrogens with one attached hydrogen (secondary N) is 1. The Bertz CT molecular complexity index is 1170. The van der Waals surface area contributed by atoms with Crippen LogP contribution in [0.2, 0.25) is 0 Å². The second-order valence-electron chi connectivity index (χ2n) is 16.4. The Balaban J connectivity index is 1.01. The molecule has 6 aliphatic heterocycles. The highest BCUT2D eigenvalue weighted by Crippen LogP contribution is 2.51. The molecule has 5 saturated heterocycles. The van der Waals surface area contributed by atoms with Crippen LogP contribution in [0.15, 0.2) is 11.8 Å². The number of carbonyl (C=O) groups excluding carboxylic acids is 2. The highest BCUT2D eigenvalue weighted by Gasteiger charge is 2.61. The molecule has 9 rings (SSSR count). The number of amides is 1.